The lowest BCUT2D eigenvalue weighted by atomic mass is 9.99. The third kappa shape index (κ3) is 4.26. The molecule has 0 saturated heterocycles. The molecule has 0 radical (unpaired) electrons. The van der Waals surface area contributed by atoms with E-state index in [1.54, 1.807) is 0 Å². The normalized spacial score (nSPS) is 20.0. The van der Waals surface area contributed by atoms with Gasteiger partial charge in [-0.3, -0.25) is 4.79 Å². The SMILES string of the molecule is CC(C)C(=O)N[C@@H]([NH+]1CCc2ccccc2C1)C(Cl)(Cl)Cl. The first-order valence-corrected chi connectivity index (χ1v) is 8.21. The number of carbonyl (C=O) groups excluding carboxylic acids is 1. The molecule has 21 heavy (non-hydrogen) atoms. The molecule has 0 aliphatic carbocycles. The summed E-state index contributed by atoms with van der Waals surface area (Å²) in [6, 6.07) is 8.27. The van der Waals surface area contributed by atoms with Crippen molar-refractivity contribution in [2.24, 2.45) is 5.92 Å². The summed E-state index contributed by atoms with van der Waals surface area (Å²) in [4.78, 5) is 13.1. The molecular weight excluding hydrogens is 331 g/mol. The highest BCUT2D eigenvalue weighted by Crippen LogP contribution is 2.28. The van der Waals surface area contributed by atoms with Crippen LogP contribution in [0, 0.1) is 5.92 Å². The predicted octanol–water partition coefficient (Wildman–Crippen LogP) is 2.10. The van der Waals surface area contributed by atoms with E-state index in [4.69, 9.17) is 34.8 Å². The Bertz CT molecular complexity index is 514. The fourth-order valence-electron chi connectivity index (χ4n) is 2.57. The van der Waals surface area contributed by atoms with Crippen molar-refractivity contribution in [2.75, 3.05) is 6.54 Å². The monoisotopic (exact) mass is 349 g/mol. The van der Waals surface area contributed by atoms with Crippen molar-refractivity contribution in [2.45, 2.75) is 36.8 Å². The Labute approximate surface area is 140 Å². The summed E-state index contributed by atoms with van der Waals surface area (Å²) in [7, 11) is 0. The molecule has 1 aromatic carbocycles. The van der Waals surface area contributed by atoms with E-state index in [0.29, 0.717) is 0 Å². The Morgan fingerprint density at radius 2 is 1.86 bits per heavy atom. The van der Waals surface area contributed by atoms with Crippen LogP contribution in [0.5, 0.6) is 0 Å². The predicted molar refractivity (Wildman–Crippen MR) is 86.7 cm³/mol. The van der Waals surface area contributed by atoms with E-state index in [2.05, 4.69) is 17.4 Å². The first-order chi connectivity index (χ1) is 9.79. The van der Waals surface area contributed by atoms with Crippen LogP contribution in [0.4, 0.5) is 0 Å². The van der Waals surface area contributed by atoms with Crippen molar-refractivity contribution in [3.8, 4) is 0 Å². The van der Waals surface area contributed by atoms with Gasteiger partial charge in [-0.2, -0.15) is 0 Å². The standard InChI is InChI=1S/C15H19Cl3N2O/c1-10(2)13(21)19-14(15(16,17)18)20-8-7-11-5-3-4-6-12(11)9-20/h3-6,10,14H,7-9H2,1-2H3,(H,19,21)/p+1/t14-/m0/s1. The number of hydrogen-bond acceptors (Lipinski definition) is 1. The second-order valence-corrected chi connectivity index (χ2v) is 8.11. The van der Waals surface area contributed by atoms with Crippen LogP contribution in [0.1, 0.15) is 25.0 Å². The van der Waals surface area contributed by atoms with E-state index in [1.807, 2.05) is 26.0 Å². The molecule has 3 nitrogen and oxygen atoms in total. The topological polar surface area (TPSA) is 33.5 Å². The van der Waals surface area contributed by atoms with Gasteiger partial charge in [-0.05, 0) is 5.56 Å². The Kier molecular flexibility index (Phi) is 5.42. The Morgan fingerprint density at radius 3 is 2.43 bits per heavy atom. The first kappa shape index (κ1) is 16.9. The number of fused-ring (bicyclic) bond motifs is 1. The number of rotatable bonds is 3. The smallest absolute Gasteiger partial charge is 0.262 e. The lowest BCUT2D eigenvalue weighted by Crippen LogP contribution is -3.19. The molecule has 2 atom stereocenters. The molecule has 116 valence electrons. The molecule has 0 aromatic heterocycles. The van der Waals surface area contributed by atoms with Gasteiger partial charge < -0.3 is 10.2 Å². The summed E-state index contributed by atoms with van der Waals surface area (Å²) in [6.07, 6.45) is 0.367. The Morgan fingerprint density at radius 1 is 1.24 bits per heavy atom. The number of hydrogen-bond donors (Lipinski definition) is 2. The molecule has 1 aliphatic heterocycles. The first-order valence-electron chi connectivity index (χ1n) is 7.07. The van der Waals surface area contributed by atoms with Crippen LogP contribution < -0.4 is 10.2 Å². The van der Waals surface area contributed by atoms with Crippen molar-refractivity contribution in [1.82, 2.24) is 5.32 Å². The molecular formula is C15H20Cl3N2O+. The lowest BCUT2D eigenvalue weighted by molar-refractivity contribution is -0.942. The minimum absolute atomic E-state index is 0.0994. The number of halogens is 3. The molecule has 1 unspecified atom stereocenters. The van der Waals surface area contributed by atoms with Crippen LogP contribution >= 0.6 is 34.8 Å². The molecule has 0 saturated carbocycles. The van der Waals surface area contributed by atoms with Crippen molar-refractivity contribution < 1.29 is 9.69 Å². The van der Waals surface area contributed by atoms with Gasteiger partial charge in [0.15, 0.2) is 0 Å². The third-order valence-electron chi connectivity index (χ3n) is 3.80. The van der Waals surface area contributed by atoms with Gasteiger partial charge >= 0.3 is 0 Å². The fourth-order valence-corrected chi connectivity index (χ4v) is 3.20. The number of benzene rings is 1. The van der Waals surface area contributed by atoms with E-state index in [1.165, 1.54) is 11.1 Å². The van der Waals surface area contributed by atoms with Crippen molar-refractivity contribution in [3.63, 3.8) is 0 Å². The Balaban J connectivity index is 2.17. The molecule has 1 heterocycles. The number of carbonyl (C=O) groups is 1. The molecule has 6 heteroatoms. The number of alkyl halides is 3. The minimum atomic E-state index is -1.54. The van der Waals surface area contributed by atoms with Crippen LogP contribution in [-0.2, 0) is 17.8 Å². The van der Waals surface area contributed by atoms with E-state index in [9.17, 15) is 4.79 Å². The fraction of sp³-hybridized carbons (Fsp3) is 0.533. The average Bonchev–Trinajstić information content (AvgIpc) is 2.42. The molecule has 0 spiro atoms. The maximum Gasteiger partial charge on any atom is 0.262 e. The molecule has 1 aliphatic rings. The summed E-state index contributed by atoms with van der Waals surface area (Å²) < 4.78 is -1.54. The largest absolute Gasteiger partial charge is 0.308 e. The average molecular weight is 351 g/mol. The number of nitrogens with one attached hydrogen (secondary N) is 2. The quantitative estimate of drug-likeness (QED) is 0.804. The van der Waals surface area contributed by atoms with Crippen LogP contribution in [-0.4, -0.2) is 22.4 Å². The highest BCUT2D eigenvalue weighted by atomic mass is 35.6. The van der Waals surface area contributed by atoms with Crippen molar-refractivity contribution in [1.29, 1.82) is 0 Å². The van der Waals surface area contributed by atoms with E-state index < -0.39 is 9.96 Å². The maximum absolute atomic E-state index is 12.0. The van der Waals surface area contributed by atoms with Crippen molar-refractivity contribution >= 4 is 40.7 Å². The van der Waals surface area contributed by atoms with Crippen LogP contribution in [0.25, 0.3) is 0 Å². The molecule has 1 amide bonds. The summed E-state index contributed by atoms with van der Waals surface area (Å²) in [6.45, 7) is 5.22. The van der Waals surface area contributed by atoms with Gasteiger partial charge in [0.05, 0.1) is 6.54 Å². The van der Waals surface area contributed by atoms with E-state index >= 15 is 0 Å². The zero-order valence-electron chi connectivity index (χ0n) is 12.1. The number of amides is 1. The van der Waals surface area contributed by atoms with Crippen LogP contribution in [0.3, 0.4) is 0 Å². The summed E-state index contributed by atoms with van der Waals surface area (Å²) in [5.41, 5.74) is 2.58. The number of quaternary nitrogens is 1. The van der Waals surface area contributed by atoms with Gasteiger partial charge in [-0.1, -0.05) is 72.9 Å². The summed E-state index contributed by atoms with van der Waals surface area (Å²) >= 11 is 18.3. The lowest BCUT2D eigenvalue weighted by Gasteiger charge is -2.36. The zero-order chi connectivity index (χ0) is 15.6. The second kappa shape index (κ2) is 6.74. The third-order valence-corrected chi connectivity index (χ3v) is 4.45. The highest BCUT2D eigenvalue weighted by Gasteiger charge is 2.43. The molecule has 0 fully saturated rings. The van der Waals surface area contributed by atoms with E-state index in [-0.39, 0.29) is 11.8 Å². The van der Waals surface area contributed by atoms with Gasteiger partial charge in [-0.25, -0.2) is 0 Å². The summed E-state index contributed by atoms with van der Waals surface area (Å²) in [5.74, 6) is -0.242. The van der Waals surface area contributed by atoms with Crippen LogP contribution in [0.15, 0.2) is 24.3 Å². The molecule has 2 rings (SSSR count). The molecule has 1 aromatic rings. The van der Waals surface area contributed by atoms with Gasteiger partial charge in [-0.15, -0.1) is 0 Å². The minimum Gasteiger partial charge on any atom is -0.308 e. The van der Waals surface area contributed by atoms with Gasteiger partial charge in [0.25, 0.3) is 3.79 Å². The zero-order valence-corrected chi connectivity index (χ0v) is 14.4. The molecule has 2 N–H and O–H groups in total. The van der Waals surface area contributed by atoms with Gasteiger partial charge in [0, 0.05) is 17.9 Å². The van der Waals surface area contributed by atoms with Crippen molar-refractivity contribution in [3.05, 3.63) is 35.4 Å². The summed E-state index contributed by atoms with van der Waals surface area (Å²) in [5, 5.41) is 2.89. The van der Waals surface area contributed by atoms with E-state index in [0.717, 1.165) is 24.4 Å². The second-order valence-electron chi connectivity index (χ2n) is 5.74. The maximum atomic E-state index is 12.0. The Hall–Kier alpha value is -0.480. The van der Waals surface area contributed by atoms with Crippen LogP contribution in [0.2, 0.25) is 0 Å². The molecule has 0 bridgehead atoms. The highest BCUT2D eigenvalue weighted by molar-refractivity contribution is 6.68. The van der Waals surface area contributed by atoms with Gasteiger partial charge in [0.2, 0.25) is 12.1 Å². The van der Waals surface area contributed by atoms with Gasteiger partial charge in [0.1, 0.15) is 6.54 Å².